The number of carbonyl (C=O) groups excluding carboxylic acids is 1. The van der Waals surface area contributed by atoms with Crippen LogP contribution in [0.4, 0.5) is 5.69 Å². The summed E-state index contributed by atoms with van der Waals surface area (Å²) in [6.07, 6.45) is 3.80. The minimum atomic E-state index is -0.117. The fraction of sp³-hybridized carbons (Fsp3) is 0.0500. The van der Waals surface area contributed by atoms with E-state index in [1.54, 1.807) is 30.3 Å². The molecule has 0 unspecified atom stereocenters. The zero-order valence-corrected chi connectivity index (χ0v) is 15.3. The number of anilines is 1. The highest BCUT2D eigenvalue weighted by Gasteiger charge is 2.08. The van der Waals surface area contributed by atoms with Crippen LogP contribution in [-0.4, -0.2) is 20.7 Å². The number of amides is 1. The molecule has 0 aliphatic carbocycles. The van der Waals surface area contributed by atoms with E-state index in [9.17, 15) is 4.79 Å². The van der Waals surface area contributed by atoms with Crippen LogP contribution in [0, 0.1) is 6.92 Å². The number of carbonyl (C=O) groups is 1. The van der Waals surface area contributed by atoms with E-state index in [1.807, 2.05) is 53.5 Å². The number of nitrogens with zero attached hydrogens (tertiary/aromatic N) is 3. The summed E-state index contributed by atoms with van der Waals surface area (Å²) in [5.74, 6) is 1.61. The van der Waals surface area contributed by atoms with Gasteiger partial charge in [0.2, 0.25) is 5.88 Å². The second-order valence-corrected chi connectivity index (χ2v) is 6.80. The first-order valence-electron chi connectivity index (χ1n) is 8.29. The van der Waals surface area contributed by atoms with Crippen LogP contribution in [0.15, 0.2) is 72.4 Å². The molecule has 7 heteroatoms. The predicted octanol–water partition coefficient (Wildman–Crippen LogP) is 4.68. The molecule has 0 aliphatic heterocycles. The molecule has 1 N–H and O–H groups in total. The van der Waals surface area contributed by atoms with Crippen molar-refractivity contribution in [2.75, 3.05) is 5.32 Å². The lowest BCUT2D eigenvalue weighted by atomic mass is 10.3. The predicted molar refractivity (Wildman–Crippen MR) is 105 cm³/mol. The lowest BCUT2D eigenvalue weighted by Gasteiger charge is -2.07. The first-order valence-corrected chi connectivity index (χ1v) is 9.17. The van der Waals surface area contributed by atoms with Crippen molar-refractivity contribution in [2.24, 2.45) is 0 Å². The van der Waals surface area contributed by atoms with Crippen molar-refractivity contribution in [1.82, 2.24) is 14.8 Å². The highest BCUT2D eigenvalue weighted by molar-refractivity contribution is 7.12. The Morgan fingerprint density at radius 3 is 2.48 bits per heavy atom. The smallest absolute Gasteiger partial charge is 0.265 e. The Kier molecular flexibility index (Phi) is 4.67. The van der Waals surface area contributed by atoms with E-state index in [-0.39, 0.29) is 5.91 Å². The highest BCUT2D eigenvalue weighted by Crippen LogP contribution is 2.22. The van der Waals surface area contributed by atoms with Crippen LogP contribution >= 0.6 is 11.3 Å². The van der Waals surface area contributed by atoms with Gasteiger partial charge in [0.25, 0.3) is 5.91 Å². The van der Waals surface area contributed by atoms with E-state index >= 15 is 0 Å². The Hall–Kier alpha value is -3.45. The second-order valence-electron chi connectivity index (χ2n) is 5.89. The zero-order chi connectivity index (χ0) is 18.6. The van der Waals surface area contributed by atoms with Crippen molar-refractivity contribution in [2.45, 2.75) is 6.92 Å². The lowest BCUT2D eigenvalue weighted by Crippen LogP contribution is -2.09. The third-order valence-corrected chi connectivity index (χ3v) is 4.83. The van der Waals surface area contributed by atoms with Crippen LogP contribution in [0.1, 0.15) is 15.2 Å². The molecule has 4 rings (SSSR count). The Morgan fingerprint density at radius 1 is 1.07 bits per heavy atom. The third kappa shape index (κ3) is 4.04. The zero-order valence-electron chi connectivity index (χ0n) is 14.5. The number of hydrogen-bond acceptors (Lipinski definition) is 5. The monoisotopic (exact) mass is 376 g/mol. The van der Waals surface area contributed by atoms with E-state index in [2.05, 4.69) is 15.5 Å². The van der Waals surface area contributed by atoms with Crippen LogP contribution in [0.3, 0.4) is 0 Å². The average Bonchev–Trinajstić information content (AvgIpc) is 3.36. The van der Waals surface area contributed by atoms with Gasteiger partial charge in [-0.2, -0.15) is 0 Å². The minimum absolute atomic E-state index is 0.117. The van der Waals surface area contributed by atoms with Gasteiger partial charge in [0.15, 0.2) is 5.82 Å². The van der Waals surface area contributed by atoms with Gasteiger partial charge in [-0.05, 0) is 66.4 Å². The molecular weight excluding hydrogens is 360 g/mol. The molecule has 1 aromatic carbocycles. The standard InChI is InChI=1S/C20H16N4O2S/c1-14-12-17(27-13-14)20(25)21-15-4-6-16(7-5-15)26-19-9-8-18(22-23-19)24-10-2-3-11-24/h2-13H,1H3,(H,21,25). The average molecular weight is 376 g/mol. The summed E-state index contributed by atoms with van der Waals surface area (Å²) in [6.45, 7) is 1.97. The lowest BCUT2D eigenvalue weighted by molar-refractivity contribution is 0.103. The van der Waals surface area contributed by atoms with Crippen molar-refractivity contribution in [3.8, 4) is 17.4 Å². The SMILES string of the molecule is Cc1csc(C(=O)Nc2ccc(Oc3ccc(-n4cccc4)nn3)cc2)c1. The molecule has 0 saturated carbocycles. The number of aromatic nitrogens is 3. The topological polar surface area (TPSA) is 69.0 Å². The molecule has 4 aromatic rings. The second kappa shape index (κ2) is 7.43. The molecule has 0 spiro atoms. The van der Waals surface area contributed by atoms with Gasteiger partial charge in [-0.3, -0.25) is 4.79 Å². The summed E-state index contributed by atoms with van der Waals surface area (Å²) in [5, 5.41) is 13.0. The van der Waals surface area contributed by atoms with Gasteiger partial charge in [-0.25, -0.2) is 0 Å². The number of rotatable bonds is 5. The van der Waals surface area contributed by atoms with E-state index in [4.69, 9.17) is 4.74 Å². The summed E-state index contributed by atoms with van der Waals surface area (Å²) < 4.78 is 7.57. The van der Waals surface area contributed by atoms with Gasteiger partial charge in [0.1, 0.15) is 5.75 Å². The van der Waals surface area contributed by atoms with Crippen molar-refractivity contribution < 1.29 is 9.53 Å². The summed E-state index contributed by atoms with van der Waals surface area (Å²) in [5.41, 5.74) is 1.78. The van der Waals surface area contributed by atoms with Crippen LogP contribution < -0.4 is 10.1 Å². The number of benzene rings is 1. The van der Waals surface area contributed by atoms with Crippen molar-refractivity contribution >= 4 is 22.9 Å². The van der Waals surface area contributed by atoms with Gasteiger partial charge in [-0.1, -0.05) is 0 Å². The first kappa shape index (κ1) is 17.0. The molecule has 0 atom stereocenters. The van der Waals surface area contributed by atoms with E-state index in [1.165, 1.54) is 11.3 Å². The summed E-state index contributed by atoms with van der Waals surface area (Å²) in [7, 11) is 0. The molecule has 134 valence electrons. The van der Waals surface area contributed by atoms with Gasteiger partial charge >= 0.3 is 0 Å². The molecule has 0 saturated heterocycles. The fourth-order valence-corrected chi connectivity index (χ4v) is 3.26. The van der Waals surface area contributed by atoms with Crippen LogP contribution in [0.2, 0.25) is 0 Å². The fourth-order valence-electron chi connectivity index (χ4n) is 2.46. The maximum absolute atomic E-state index is 12.2. The molecule has 0 bridgehead atoms. The Balaban J connectivity index is 1.39. The van der Waals surface area contributed by atoms with Crippen LogP contribution in [0.25, 0.3) is 5.82 Å². The normalized spacial score (nSPS) is 10.6. The Morgan fingerprint density at radius 2 is 1.85 bits per heavy atom. The molecule has 3 aromatic heterocycles. The number of ether oxygens (including phenoxy) is 1. The van der Waals surface area contributed by atoms with Gasteiger partial charge < -0.3 is 14.6 Å². The molecule has 6 nitrogen and oxygen atoms in total. The Labute approximate surface area is 160 Å². The molecule has 3 heterocycles. The largest absolute Gasteiger partial charge is 0.438 e. The van der Waals surface area contributed by atoms with Crippen LogP contribution in [0.5, 0.6) is 11.6 Å². The van der Waals surface area contributed by atoms with Crippen molar-refractivity contribution in [3.63, 3.8) is 0 Å². The maximum Gasteiger partial charge on any atom is 0.265 e. The number of nitrogens with one attached hydrogen (secondary N) is 1. The van der Waals surface area contributed by atoms with E-state index < -0.39 is 0 Å². The van der Waals surface area contributed by atoms with Crippen molar-refractivity contribution in [1.29, 1.82) is 0 Å². The highest BCUT2D eigenvalue weighted by atomic mass is 32.1. The minimum Gasteiger partial charge on any atom is -0.438 e. The molecule has 0 fully saturated rings. The Bertz CT molecular complexity index is 1040. The van der Waals surface area contributed by atoms with E-state index in [0.29, 0.717) is 28.0 Å². The summed E-state index contributed by atoms with van der Waals surface area (Å²) in [6, 6.07) is 16.4. The van der Waals surface area contributed by atoms with E-state index in [0.717, 1.165) is 5.56 Å². The molecule has 0 aliphatic rings. The van der Waals surface area contributed by atoms with Gasteiger partial charge in [0.05, 0.1) is 4.88 Å². The van der Waals surface area contributed by atoms with Gasteiger partial charge in [0, 0.05) is 24.1 Å². The summed E-state index contributed by atoms with van der Waals surface area (Å²) in [4.78, 5) is 12.9. The number of thiophene rings is 1. The number of aryl methyl sites for hydroxylation is 1. The molecule has 27 heavy (non-hydrogen) atoms. The molecular formula is C20H16N4O2S. The first-order chi connectivity index (χ1) is 13.2. The maximum atomic E-state index is 12.2. The third-order valence-electron chi connectivity index (χ3n) is 3.78. The number of hydrogen-bond donors (Lipinski definition) is 1. The summed E-state index contributed by atoms with van der Waals surface area (Å²) >= 11 is 1.43. The quantitative estimate of drug-likeness (QED) is 0.549. The van der Waals surface area contributed by atoms with Gasteiger partial charge in [-0.15, -0.1) is 21.5 Å². The molecule has 1 amide bonds. The molecule has 0 radical (unpaired) electrons. The van der Waals surface area contributed by atoms with Crippen molar-refractivity contribution in [3.05, 3.63) is 82.8 Å². The van der Waals surface area contributed by atoms with Crippen LogP contribution in [-0.2, 0) is 0 Å².